The highest BCUT2D eigenvalue weighted by molar-refractivity contribution is 5.79. The lowest BCUT2D eigenvalue weighted by molar-refractivity contribution is 0.267. The van der Waals surface area contributed by atoms with Gasteiger partial charge >= 0.3 is 0 Å². The topological polar surface area (TPSA) is 48.9 Å². The molecule has 1 aromatic rings. The number of likely N-dealkylation sites (tertiary alicyclic amines) is 1. The largest absolute Gasteiger partial charge is 0.494 e. The third-order valence-electron chi connectivity index (χ3n) is 4.63. The monoisotopic (exact) mass is 332 g/mol. The highest BCUT2D eigenvalue weighted by Crippen LogP contribution is 2.19. The van der Waals surface area contributed by atoms with Crippen LogP contribution in [0.25, 0.3) is 0 Å². The second kappa shape index (κ2) is 9.52. The second-order valence-electron chi connectivity index (χ2n) is 6.26. The van der Waals surface area contributed by atoms with Gasteiger partial charge < -0.3 is 15.4 Å². The first-order chi connectivity index (χ1) is 11.7. The number of rotatable bonds is 7. The summed E-state index contributed by atoms with van der Waals surface area (Å²) in [5.41, 5.74) is 2.40. The Balaban J connectivity index is 1.82. The van der Waals surface area contributed by atoms with Gasteiger partial charge in [0.15, 0.2) is 5.96 Å². The number of aryl methyl sites for hydroxylation is 1. The highest BCUT2D eigenvalue weighted by Gasteiger charge is 2.22. The quantitative estimate of drug-likeness (QED) is 0.595. The number of ether oxygens (including phenoxy) is 1. The molecule has 0 aromatic heterocycles. The predicted molar refractivity (Wildman–Crippen MR) is 101 cm³/mol. The van der Waals surface area contributed by atoms with E-state index in [4.69, 9.17) is 4.74 Å². The van der Waals surface area contributed by atoms with Gasteiger partial charge in [-0.2, -0.15) is 0 Å². The number of hydrogen-bond acceptors (Lipinski definition) is 3. The van der Waals surface area contributed by atoms with Crippen molar-refractivity contribution >= 4 is 5.96 Å². The van der Waals surface area contributed by atoms with Crippen LogP contribution in [0, 0.1) is 6.92 Å². The molecule has 0 aliphatic carbocycles. The average Bonchev–Trinajstić information content (AvgIpc) is 3.05. The first-order valence-electron chi connectivity index (χ1n) is 9.08. The van der Waals surface area contributed by atoms with Crippen LogP contribution in [-0.2, 0) is 6.54 Å². The van der Waals surface area contributed by atoms with E-state index < -0.39 is 0 Å². The summed E-state index contributed by atoms with van der Waals surface area (Å²) >= 11 is 0. The zero-order valence-electron chi connectivity index (χ0n) is 15.6. The molecule has 5 heteroatoms. The minimum atomic E-state index is 0.626. The lowest BCUT2D eigenvalue weighted by Gasteiger charge is -2.24. The molecule has 2 N–H and O–H groups in total. The van der Waals surface area contributed by atoms with Crippen molar-refractivity contribution in [3.63, 3.8) is 0 Å². The first-order valence-corrected chi connectivity index (χ1v) is 9.08. The molecular weight excluding hydrogens is 300 g/mol. The molecule has 134 valence electrons. The summed E-state index contributed by atoms with van der Waals surface area (Å²) in [5.74, 6) is 1.83. The summed E-state index contributed by atoms with van der Waals surface area (Å²) < 4.78 is 5.59. The summed E-state index contributed by atoms with van der Waals surface area (Å²) in [6, 6.07) is 6.94. The number of nitrogens with zero attached hydrogens (tertiary/aromatic N) is 2. The number of hydrogen-bond donors (Lipinski definition) is 2. The fourth-order valence-corrected chi connectivity index (χ4v) is 3.30. The van der Waals surface area contributed by atoms with Gasteiger partial charge in [-0.15, -0.1) is 0 Å². The Morgan fingerprint density at radius 2 is 2.17 bits per heavy atom. The zero-order valence-corrected chi connectivity index (χ0v) is 15.6. The van der Waals surface area contributed by atoms with Crippen LogP contribution in [0.15, 0.2) is 23.2 Å². The fourth-order valence-electron chi connectivity index (χ4n) is 3.30. The number of aliphatic imine (C=N–C) groups is 1. The van der Waals surface area contributed by atoms with Crippen molar-refractivity contribution in [2.45, 2.75) is 46.2 Å². The maximum atomic E-state index is 5.59. The molecule has 1 aliphatic heterocycles. The van der Waals surface area contributed by atoms with Crippen LogP contribution in [0.1, 0.15) is 37.8 Å². The Kier molecular flexibility index (Phi) is 7.37. The Labute approximate surface area is 146 Å². The maximum absolute atomic E-state index is 5.59. The summed E-state index contributed by atoms with van der Waals surface area (Å²) in [6.07, 6.45) is 2.58. The Hall–Kier alpha value is -1.75. The third-order valence-corrected chi connectivity index (χ3v) is 4.63. The van der Waals surface area contributed by atoms with E-state index in [-0.39, 0.29) is 0 Å². The van der Waals surface area contributed by atoms with Gasteiger partial charge in [0.1, 0.15) is 5.75 Å². The molecular formula is C19H32N4O. The van der Waals surface area contributed by atoms with Crippen molar-refractivity contribution in [3.8, 4) is 5.75 Å². The minimum absolute atomic E-state index is 0.626. The highest BCUT2D eigenvalue weighted by atomic mass is 16.5. The fraction of sp³-hybridized carbons (Fsp3) is 0.632. The molecule has 0 radical (unpaired) electrons. The summed E-state index contributed by atoms with van der Waals surface area (Å²) in [4.78, 5) is 6.87. The number of benzene rings is 1. The molecule has 1 unspecified atom stereocenters. The van der Waals surface area contributed by atoms with E-state index in [0.717, 1.165) is 31.3 Å². The van der Waals surface area contributed by atoms with Crippen molar-refractivity contribution < 1.29 is 4.74 Å². The second-order valence-corrected chi connectivity index (χ2v) is 6.26. The molecule has 1 aliphatic rings. The maximum Gasteiger partial charge on any atom is 0.191 e. The summed E-state index contributed by atoms with van der Waals surface area (Å²) in [7, 11) is 1.82. The lowest BCUT2D eigenvalue weighted by atomic mass is 10.1. The van der Waals surface area contributed by atoms with Gasteiger partial charge in [-0.25, -0.2) is 0 Å². The van der Waals surface area contributed by atoms with E-state index in [9.17, 15) is 0 Å². The molecule has 1 atom stereocenters. The third kappa shape index (κ3) is 5.13. The molecule has 0 saturated carbocycles. The molecule has 1 heterocycles. The summed E-state index contributed by atoms with van der Waals surface area (Å²) in [5, 5.41) is 6.87. The molecule has 1 aromatic carbocycles. The SMILES string of the molecule is CCOc1ccc(CNC(=NC)NCC2CCCN2CC)cc1C. The molecule has 5 nitrogen and oxygen atoms in total. The van der Waals surface area contributed by atoms with E-state index in [1.807, 2.05) is 20.0 Å². The predicted octanol–water partition coefficient (Wildman–Crippen LogP) is 2.54. The van der Waals surface area contributed by atoms with Crippen LogP contribution in [0.2, 0.25) is 0 Å². The van der Waals surface area contributed by atoms with Gasteiger partial charge in [-0.05, 0) is 57.0 Å². The van der Waals surface area contributed by atoms with Gasteiger partial charge in [-0.3, -0.25) is 9.89 Å². The van der Waals surface area contributed by atoms with Crippen molar-refractivity contribution in [1.29, 1.82) is 0 Å². The van der Waals surface area contributed by atoms with Gasteiger partial charge in [0.2, 0.25) is 0 Å². The average molecular weight is 332 g/mol. The standard InChI is InChI=1S/C19H32N4O/c1-5-23-11-7-8-17(23)14-22-19(20-4)21-13-16-9-10-18(24-6-2)15(3)12-16/h9-10,12,17H,5-8,11,13-14H2,1-4H3,(H2,20,21,22). The lowest BCUT2D eigenvalue weighted by Crippen LogP contribution is -2.44. The number of likely N-dealkylation sites (N-methyl/N-ethyl adjacent to an activating group) is 1. The Morgan fingerprint density at radius 1 is 1.33 bits per heavy atom. The van der Waals surface area contributed by atoms with Crippen molar-refractivity contribution in [1.82, 2.24) is 15.5 Å². The molecule has 24 heavy (non-hydrogen) atoms. The number of guanidine groups is 1. The van der Waals surface area contributed by atoms with Crippen molar-refractivity contribution in [2.24, 2.45) is 4.99 Å². The molecule has 2 rings (SSSR count). The van der Waals surface area contributed by atoms with Crippen LogP contribution in [0.3, 0.4) is 0 Å². The van der Waals surface area contributed by atoms with Gasteiger partial charge in [0, 0.05) is 26.2 Å². The van der Waals surface area contributed by atoms with Crippen LogP contribution in [0.5, 0.6) is 5.75 Å². The minimum Gasteiger partial charge on any atom is -0.494 e. The zero-order chi connectivity index (χ0) is 17.4. The molecule has 0 amide bonds. The van der Waals surface area contributed by atoms with Crippen molar-refractivity contribution in [2.75, 3.05) is 33.3 Å². The van der Waals surface area contributed by atoms with Gasteiger partial charge in [0.25, 0.3) is 0 Å². The van der Waals surface area contributed by atoms with E-state index in [1.54, 1.807) is 0 Å². The normalized spacial score (nSPS) is 18.7. The molecule has 1 fully saturated rings. The van der Waals surface area contributed by atoms with E-state index >= 15 is 0 Å². The van der Waals surface area contributed by atoms with Gasteiger partial charge in [0.05, 0.1) is 6.61 Å². The Bertz CT molecular complexity index is 544. The van der Waals surface area contributed by atoms with E-state index in [2.05, 4.69) is 46.5 Å². The number of nitrogens with one attached hydrogen (secondary N) is 2. The van der Waals surface area contributed by atoms with E-state index in [0.29, 0.717) is 12.6 Å². The van der Waals surface area contributed by atoms with Crippen molar-refractivity contribution in [3.05, 3.63) is 29.3 Å². The van der Waals surface area contributed by atoms with Crippen LogP contribution in [-0.4, -0.2) is 50.2 Å². The molecule has 0 spiro atoms. The van der Waals surface area contributed by atoms with Crippen LogP contribution >= 0.6 is 0 Å². The molecule has 0 bridgehead atoms. The van der Waals surface area contributed by atoms with Gasteiger partial charge in [-0.1, -0.05) is 19.1 Å². The first kappa shape index (κ1) is 18.6. The Morgan fingerprint density at radius 3 is 2.83 bits per heavy atom. The van der Waals surface area contributed by atoms with E-state index in [1.165, 1.54) is 30.5 Å². The summed E-state index contributed by atoms with van der Waals surface area (Å²) in [6.45, 7) is 11.1. The van der Waals surface area contributed by atoms with Crippen LogP contribution in [0.4, 0.5) is 0 Å². The molecule has 1 saturated heterocycles. The smallest absolute Gasteiger partial charge is 0.191 e. The van der Waals surface area contributed by atoms with Crippen LogP contribution < -0.4 is 15.4 Å².